The van der Waals surface area contributed by atoms with Gasteiger partial charge in [-0.05, 0) is 11.4 Å². The van der Waals surface area contributed by atoms with Crippen molar-refractivity contribution in [1.29, 1.82) is 0 Å². The van der Waals surface area contributed by atoms with Crippen LogP contribution in [0.15, 0.2) is 27.5 Å². The van der Waals surface area contributed by atoms with Gasteiger partial charge in [0.25, 0.3) is 11.1 Å². The maximum Gasteiger partial charge on any atom is 0.446 e. The third-order valence-corrected chi connectivity index (χ3v) is 5.10. The predicted molar refractivity (Wildman–Crippen MR) is 93.3 cm³/mol. The molecule has 1 N–H and O–H groups in total. The van der Waals surface area contributed by atoms with Crippen LogP contribution in [-0.2, 0) is 4.79 Å². The number of nitrogens with one attached hydrogen (secondary N) is 1. The van der Waals surface area contributed by atoms with Gasteiger partial charge in [-0.2, -0.15) is 14.5 Å². The number of fused-ring (bicyclic) bond motifs is 1. The molecule has 2 aliphatic rings. The van der Waals surface area contributed by atoms with E-state index in [0.717, 1.165) is 4.90 Å². The average molecular weight is 364 g/mol. The van der Waals surface area contributed by atoms with E-state index in [0.29, 0.717) is 22.3 Å². The number of thioether (sulfide) groups is 1. The lowest BCUT2D eigenvalue weighted by Crippen LogP contribution is -2.51. The second-order valence-electron chi connectivity index (χ2n) is 4.97. The highest BCUT2D eigenvalue weighted by Gasteiger charge is 2.44. The lowest BCUT2D eigenvalue weighted by Gasteiger charge is -2.15. The topological polar surface area (TPSA) is 94.2 Å². The van der Waals surface area contributed by atoms with Gasteiger partial charge in [-0.3, -0.25) is 4.79 Å². The van der Waals surface area contributed by atoms with E-state index in [4.69, 9.17) is 0 Å². The molecule has 0 bridgehead atoms. The Labute approximate surface area is 146 Å². The average Bonchev–Trinajstić information content (AvgIpc) is 3.24. The first-order valence-electron chi connectivity index (χ1n) is 7.04. The van der Waals surface area contributed by atoms with Gasteiger partial charge in [0.15, 0.2) is 0 Å². The lowest BCUT2D eigenvalue weighted by molar-refractivity contribution is -0.401. The van der Waals surface area contributed by atoms with Crippen molar-refractivity contribution in [3.63, 3.8) is 0 Å². The Morgan fingerprint density at radius 2 is 2.21 bits per heavy atom. The Balaban J connectivity index is 1.58. The molecule has 3 rings (SSSR count). The zero-order valence-corrected chi connectivity index (χ0v) is 14.6. The molecule has 10 heteroatoms. The number of amidine groups is 2. The van der Waals surface area contributed by atoms with Crippen LogP contribution in [0.4, 0.5) is 4.79 Å². The highest BCUT2D eigenvalue weighted by molar-refractivity contribution is 8.14. The Morgan fingerprint density at radius 1 is 1.42 bits per heavy atom. The zero-order chi connectivity index (χ0) is 17.3. The Bertz CT molecular complexity index is 810. The number of aliphatic imine (C=N–C) groups is 2. The van der Waals surface area contributed by atoms with Crippen molar-refractivity contribution in [2.24, 2.45) is 9.98 Å². The Morgan fingerprint density at radius 3 is 2.92 bits per heavy atom. The summed E-state index contributed by atoms with van der Waals surface area (Å²) in [5.41, 5.74) is 0.171. The number of imide groups is 1. The number of amides is 4. The second kappa shape index (κ2) is 6.65. The lowest BCUT2D eigenvalue weighted by atomic mass is 10.2. The molecule has 0 aliphatic carbocycles. The van der Waals surface area contributed by atoms with Crippen LogP contribution in [0.1, 0.15) is 9.67 Å². The van der Waals surface area contributed by atoms with E-state index < -0.39 is 11.9 Å². The molecule has 0 fully saturated rings. The first-order valence-corrected chi connectivity index (χ1v) is 8.90. The van der Waals surface area contributed by atoms with Gasteiger partial charge in [-0.15, -0.1) is 11.3 Å². The first-order chi connectivity index (χ1) is 11.5. The van der Waals surface area contributed by atoms with Crippen molar-refractivity contribution in [1.82, 2.24) is 10.2 Å². The van der Waals surface area contributed by atoms with Crippen LogP contribution >= 0.6 is 23.1 Å². The van der Waals surface area contributed by atoms with Crippen LogP contribution < -0.4 is 5.32 Å². The quantitative estimate of drug-likeness (QED) is 0.627. The summed E-state index contributed by atoms with van der Waals surface area (Å²) in [4.78, 5) is 45.8. The van der Waals surface area contributed by atoms with Crippen molar-refractivity contribution in [2.75, 3.05) is 26.4 Å². The monoisotopic (exact) mass is 364 g/mol. The molecule has 0 unspecified atom stereocenters. The normalized spacial score (nSPS) is 17.0. The summed E-state index contributed by atoms with van der Waals surface area (Å²) in [6.07, 6.45) is 0. The Kier molecular flexibility index (Phi) is 4.58. The van der Waals surface area contributed by atoms with E-state index in [1.54, 1.807) is 13.1 Å². The summed E-state index contributed by atoms with van der Waals surface area (Å²) in [6.45, 7) is 0.448. The molecule has 124 valence electrons. The number of carbonyl (C=O) groups excluding carboxylic acids is 3. The van der Waals surface area contributed by atoms with Crippen LogP contribution in [-0.4, -0.2) is 70.4 Å². The third-order valence-electron chi connectivity index (χ3n) is 3.38. The molecule has 0 atom stereocenters. The van der Waals surface area contributed by atoms with E-state index >= 15 is 0 Å². The highest BCUT2D eigenvalue weighted by Crippen LogP contribution is 2.16. The number of hydrogen-bond donors (Lipinski definition) is 1. The third kappa shape index (κ3) is 3.02. The van der Waals surface area contributed by atoms with Crippen LogP contribution in [0.25, 0.3) is 0 Å². The van der Waals surface area contributed by atoms with Crippen molar-refractivity contribution < 1.29 is 19.0 Å². The Hall–Kier alpha value is -2.33. The van der Waals surface area contributed by atoms with E-state index in [9.17, 15) is 14.4 Å². The summed E-state index contributed by atoms with van der Waals surface area (Å²) in [7, 11) is 2.96. The molecule has 4 amide bonds. The van der Waals surface area contributed by atoms with Gasteiger partial charge in [0.1, 0.15) is 0 Å². The van der Waals surface area contributed by atoms with Gasteiger partial charge in [0.2, 0.25) is 5.71 Å². The molecule has 0 radical (unpaired) electrons. The minimum absolute atomic E-state index is 0.115. The molecule has 3 heterocycles. The van der Waals surface area contributed by atoms with Gasteiger partial charge in [-0.1, -0.05) is 22.8 Å². The molecule has 2 aliphatic heterocycles. The number of thiophene rings is 1. The van der Waals surface area contributed by atoms with Gasteiger partial charge < -0.3 is 5.32 Å². The number of urea groups is 1. The van der Waals surface area contributed by atoms with Crippen LogP contribution in [0, 0.1) is 0 Å². The molecule has 24 heavy (non-hydrogen) atoms. The maximum atomic E-state index is 12.0. The van der Waals surface area contributed by atoms with Gasteiger partial charge in [0.05, 0.1) is 19.0 Å². The van der Waals surface area contributed by atoms with E-state index in [1.807, 2.05) is 11.4 Å². The van der Waals surface area contributed by atoms with Gasteiger partial charge in [-0.25, -0.2) is 9.59 Å². The van der Waals surface area contributed by atoms with Crippen LogP contribution in [0.2, 0.25) is 0 Å². The van der Waals surface area contributed by atoms with E-state index in [-0.39, 0.29) is 17.5 Å². The maximum absolute atomic E-state index is 12.0. The number of hydrogen-bond acceptors (Lipinski definition) is 7. The van der Waals surface area contributed by atoms with E-state index in [1.165, 1.54) is 34.7 Å². The molecule has 1 aromatic heterocycles. The fourth-order valence-electron chi connectivity index (χ4n) is 2.12. The summed E-state index contributed by atoms with van der Waals surface area (Å²) < 4.78 is 1.30. The summed E-state index contributed by atoms with van der Waals surface area (Å²) in [6, 6.07) is 3.14. The SMILES string of the molecule is CN1C(=O)C2=NC(SCCNC(=O)c3cccs3)=NC2=[N+](C)C1=O. The second-order valence-corrected chi connectivity index (χ2v) is 6.98. The smallest absolute Gasteiger partial charge is 0.350 e. The van der Waals surface area contributed by atoms with Gasteiger partial charge in [0, 0.05) is 12.3 Å². The van der Waals surface area contributed by atoms with E-state index in [2.05, 4.69) is 15.3 Å². The highest BCUT2D eigenvalue weighted by atomic mass is 32.2. The number of rotatable bonds is 4. The number of carbonyl (C=O) groups is 3. The molecular weight excluding hydrogens is 350 g/mol. The summed E-state index contributed by atoms with van der Waals surface area (Å²) in [5.74, 6) is 0.254. The van der Waals surface area contributed by atoms with Crippen molar-refractivity contribution >= 4 is 57.7 Å². The minimum atomic E-state index is -0.460. The van der Waals surface area contributed by atoms with Crippen LogP contribution in [0.3, 0.4) is 0 Å². The molecule has 0 aromatic carbocycles. The summed E-state index contributed by atoms with van der Waals surface area (Å²) >= 11 is 2.70. The molecule has 1 aromatic rings. The van der Waals surface area contributed by atoms with Gasteiger partial charge >= 0.3 is 17.8 Å². The fourth-order valence-corrected chi connectivity index (χ4v) is 3.45. The van der Waals surface area contributed by atoms with Crippen LogP contribution in [0.5, 0.6) is 0 Å². The molecular formula is C14H14N5O3S2+. The largest absolute Gasteiger partial charge is 0.446 e. The minimum Gasteiger partial charge on any atom is -0.350 e. The van der Waals surface area contributed by atoms with Crippen molar-refractivity contribution in [3.8, 4) is 0 Å². The molecule has 8 nitrogen and oxygen atoms in total. The molecule has 0 spiro atoms. The number of nitrogens with zero attached hydrogens (tertiary/aromatic N) is 4. The first kappa shape index (κ1) is 16.5. The zero-order valence-electron chi connectivity index (χ0n) is 13.0. The van der Waals surface area contributed by atoms with Crippen molar-refractivity contribution in [3.05, 3.63) is 22.4 Å². The summed E-state index contributed by atoms with van der Waals surface area (Å²) in [5, 5.41) is 5.06. The van der Waals surface area contributed by atoms with Crippen molar-refractivity contribution in [2.45, 2.75) is 0 Å². The predicted octanol–water partition coefficient (Wildman–Crippen LogP) is 0.654. The standard InChI is InChI=1S/C14H13N5O3S2/c1-18-10-9(12(21)19(2)14(18)22)16-13(17-10)24-7-5-15-11(20)8-4-3-6-23-8/h3-4,6H,5,7H2,1-2H3/p+1. The molecule has 0 saturated heterocycles. The molecule has 0 saturated carbocycles. The fraction of sp³-hybridized carbons (Fsp3) is 0.286.